The number of rotatable bonds is 5. The predicted octanol–water partition coefficient (Wildman–Crippen LogP) is 3.64. The third-order valence-electron chi connectivity index (χ3n) is 4.67. The Morgan fingerprint density at radius 1 is 1.09 bits per heavy atom. The predicted molar refractivity (Wildman–Crippen MR) is 86.9 cm³/mol. The van der Waals surface area contributed by atoms with Crippen LogP contribution in [0.1, 0.15) is 50.7 Å². The van der Waals surface area contributed by atoms with Crippen molar-refractivity contribution in [1.29, 1.82) is 0 Å². The smallest absolute Gasteiger partial charge is 0.307 e. The zero-order valence-electron chi connectivity index (χ0n) is 13.4. The van der Waals surface area contributed by atoms with Crippen LogP contribution >= 0.6 is 0 Å². The van der Waals surface area contributed by atoms with Crippen molar-refractivity contribution >= 4 is 17.6 Å². The largest absolute Gasteiger partial charge is 0.481 e. The van der Waals surface area contributed by atoms with E-state index in [1.165, 1.54) is 0 Å². The molecule has 1 saturated carbocycles. The second-order valence-electron chi connectivity index (χ2n) is 5.98. The maximum absolute atomic E-state index is 12.6. The van der Waals surface area contributed by atoms with E-state index in [-0.39, 0.29) is 5.91 Å². The maximum atomic E-state index is 12.6. The molecule has 0 spiro atoms. The van der Waals surface area contributed by atoms with Gasteiger partial charge in [0.25, 0.3) is 0 Å². The van der Waals surface area contributed by atoms with Gasteiger partial charge in [-0.3, -0.25) is 9.59 Å². The van der Waals surface area contributed by atoms with Crippen molar-refractivity contribution in [3.8, 4) is 0 Å². The van der Waals surface area contributed by atoms with Crippen molar-refractivity contribution < 1.29 is 14.7 Å². The first-order valence-electron chi connectivity index (χ1n) is 8.22. The van der Waals surface area contributed by atoms with Crippen LogP contribution in [0.15, 0.2) is 18.2 Å². The summed E-state index contributed by atoms with van der Waals surface area (Å²) >= 11 is 0. The summed E-state index contributed by atoms with van der Waals surface area (Å²) in [5, 5.41) is 12.4. The highest BCUT2D eigenvalue weighted by molar-refractivity contribution is 5.96. The molecule has 0 heterocycles. The molecule has 1 aromatic carbocycles. The van der Waals surface area contributed by atoms with Gasteiger partial charge in [-0.2, -0.15) is 0 Å². The molecule has 2 rings (SSSR count). The molecule has 2 N–H and O–H groups in total. The molecule has 4 heteroatoms. The van der Waals surface area contributed by atoms with Gasteiger partial charge in [-0.25, -0.2) is 0 Å². The van der Waals surface area contributed by atoms with E-state index in [0.717, 1.165) is 42.5 Å². The molecule has 120 valence electrons. The van der Waals surface area contributed by atoms with E-state index in [9.17, 15) is 14.7 Å². The zero-order chi connectivity index (χ0) is 16.1. The minimum atomic E-state index is -0.848. The summed E-state index contributed by atoms with van der Waals surface area (Å²) in [6.07, 6.45) is 4.78. The lowest BCUT2D eigenvalue weighted by Crippen LogP contribution is -2.36. The van der Waals surface area contributed by atoms with Gasteiger partial charge in [-0.05, 0) is 36.8 Å². The number of benzene rings is 1. The van der Waals surface area contributed by atoms with Crippen LogP contribution in [0.5, 0.6) is 0 Å². The van der Waals surface area contributed by atoms with E-state index >= 15 is 0 Å². The molecule has 0 bridgehead atoms. The third-order valence-corrected chi connectivity index (χ3v) is 4.67. The van der Waals surface area contributed by atoms with Crippen molar-refractivity contribution in [1.82, 2.24) is 0 Å². The van der Waals surface area contributed by atoms with Gasteiger partial charge in [-0.1, -0.05) is 44.9 Å². The Morgan fingerprint density at radius 2 is 1.64 bits per heavy atom. The van der Waals surface area contributed by atoms with Crippen molar-refractivity contribution in [2.45, 2.75) is 52.4 Å². The van der Waals surface area contributed by atoms with Crippen LogP contribution in [0, 0.1) is 11.8 Å². The summed E-state index contributed by atoms with van der Waals surface area (Å²) in [5.74, 6) is -1.95. The number of carboxylic acids is 1. The Labute approximate surface area is 131 Å². The minimum absolute atomic E-state index is 0.136. The van der Waals surface area contributed by atoms with Crippen molar-refractivity contribution in [3.63, 3.8) is 0 Å². The normalized spacial score (nSPS) is 21.4. The fraction of sp³-hybridized carbons (Fsp3) is 0.556. The molecule has 0 saturated heterocycles. The lowest BCUT2D eigenvalue weighted by Gasteiger charge is -2.28. The second-order valence-corrected chi connectivity index (χ2v) is 5.98. The number of carbonyl (C=O) groups is 2. The average molecular weight is 303 g/mol. The van der Waals surface area contributed by atoms with Crippen LogP contribution in [0.25, 0.3) is 0 Å². The topological polar surface area (TPSA) is 66.4 Å². The Balaban J connectivity index is 2.22. The molecule has 1 aromatic rings. The average Bonchev–Trinajstić information content (AvgIpc) is 2.54. The highest BCUT2D eigenvalue weighted by Gasteiger charge is 2.35. The monoisotopic (exact) mass is 303 g/mol. The first kappa shape index (κ1) is 16.5. The van der Waals surface area contributed by atoms with Gasteiger partial charge in [0.05, 0.1) is 11.8 Å². The number of para-hydroxylation sites is 1. The van der Waals surface area contributed by atoms with Crippen LogP contribution < -0.4 is 5.32 Å². The van der Waals surface area contributed by atoms with Crippen LogP contribution in [-0.4, -0.2) is 17.0 Å². The Morgan fingerprint density at radius 3 is 2.14 bits per heavy atom. The molecule has 1 fully saturated rings. The summed E-state index contributed by atoms with van der Waals surface area (Å²) in [5.41, 5.74) is 3.10. The Hall–Kier alpha value is -1.84. The van der Waals surface area contributed by atoms with Crippen LogP contribution in [0.4, 0.5) is 5.69 Å². The Bertz CT molecular complexity index is 531. The molecule has 1 aliphatic rings. The summed E-state index contributed by atoms with van der Waals surface area (Å²) in [6.45, 7) is 4.12. The Kier molecular flexibility index (Phi) is 5.58. The highest BCUT2D eigenvalue weighted by atomic mass is 16.4. The summed E-state index contributed by atoms with van der Waals surface area (Å²) < 4.78 is 0. The van der Waals surface area contributed by atoms with Gasteiger partial charge in [0.2, 0.25) is 5.91 Å². The number of hydrogen-bond donors (Lipinski definition) is 2. The number of aryl methyl sites for hydroxylation is 2. The summed E-state index contributed by atoms with van der Waals surface area (Å²) in [6, 6.07) is 6.04. The quantitative estimate of drug-likeness (QED) is 0.872. The number of nitrogens with one attached hydrogen (secondary N) is 1. The van der Waals surface area contributed by atoms with E-state index in [1.807, 2.05) is 18.2 Å². The molecule has 22 heavy (non-hydrogen) atoms. The minimum Gasteiger partial charge on any atom is -0.481 e. The third kappa shape index (κ3) is 3.49. The highest BCUT2D eigenvalue weighted by Crippen LogP contribution is 2.32. The van der Waals surface area contributed by atoms with E-state index in [0.29, 0.717) is 12.8 Å². The van der Waals surface area contributed by atoms with Gasteiger partial charge in [0, 0.05) is 5.69 Å². The number of aliphatic carboxylic acids is 1. The van der Waals surface area contributed by atoms with Crippen LogP contribution in [0.2, 0.25) is 0 Å². The number of carboxylic acid groups (broad SMARTS) is 1. The van der Waals surface area contributed by atoms with Crippen LogP contribution in [0.3, 0.4) is 0 Å². The summed E-state index contributed by atoms with van der Waals surface area (Å²) in [7, 11) is 0. The maximum Gasteiger partial charge on any atom is 0.307 e. The van der Waals surface area contributed by atoms with Crippen LogP contribution in [-0.2, 0) is 22.4 Å². The van der Waals surface area contributed by atoms with Crippen molar-refractivity contribution in [2.75, 3.05) is 5.32 Å². The van der Waals surface area contributed by atoms with Gasteiger partial charge >= 0.3 is 5.97 Å². The fourth-order valence-electron chi connectivity index (χ4n) is 3.36. The van der Waals surface area contributed by atoms with E-state index < -0.39 is 17.8 Å². The molecular formula is C18H25NO3. The molecule has 0 unspecified atom stereocenters. The fourth-order valence-corrected chi connectivity index (χ4v) is 3.36. The van der Waals surface area contributed by atoms with Gasteiger partial charge in [0.1, 0.15) is 0 Å². The number of carbonyl (C=O) groups excluding carboxylic acids is 1. The first-order chi connectivity index (χ1) is 10.6. The number of amides is 1. The molecule has 1 aliphatic carbocycles. The van der Waals surface area contributed by atoms with Gasteiger partial charge in [-0.15, -0.1) is 0 Å². The van der Waals surface area contributed by atoms with E-state index in [4.69, 9.17) is 0 Å². The second kappa shape index (κ2) is 7.43. The number of hydrogen-bond acceptors (Lipinski definition) is 2. The molecular weight excluding hydrogens is 278 g/mol. The summed E-state index contributed by atoms with van der Waals surface area (Å²) in [4.78, 5) is 24.0. The lowest BCUT2D eigenvalue weighted by atomic mass is 9.78. The molecule has 1 amide bonds. The molecule has 0 aromatic heterocycles. The molecule has 2 atom stereocenters. The molecule has 4 nitrogen and oxygen atoms in total. The van der Waals surface area contributed by atoms with Crippen molar-refractivity contribution in [2.24, 2.45) is 11.8 Å². The first-order valence-corrected chi connectivity index (χ1v) is 8.22. The molecule has 0 radical (unpaired) electrons. The van der Waals surface area contributed by atoms with Gasteiger partial charge < -0.3 is 10.4 Å². The van der Waals surface area contributed by atoms with Crippen molar-refractivity contribution in [3.05, 3.63) is 29.3 Å². The van der Waals surface area contributed by atoms with Gasteiger partial charge in [0.15, 0.2) is 0 Å². The molecule has 0 aliphatic heterocycles. The van der Waals surface area contributed by atoms with E-state index in [2.05, 4.69) is 19.2 Å². The lowest BCUT2D eigenvalue weighted by molar-refractivity contribution is -0.147. The van der Waals surface area contributed by atoms with E-state index in [1.54, 1.807) is 0 Å². The zero-order valence-corrected chi connectivity index (χ0v) is 13.4. The SMILES string of the molecule is CCc1cccc(CC)c1NC(=O)[C@H]1CCCC[C@@H]1C(=O)O. The number of anilines is 1. The standard InChI is InChI=1S/C18H25NO3/c1-3-12-8-7-9-13(4-2)16(12)19-17(20)14-10-5-6-11-15(14)18(21)22/h7-9,14-15H,3-6,10-11H2,1-2H3,(H,19,20)(H,21,22)/t14-,15-/m0/s1.